The van der Waals surface area contributed by atoms with Crippen LogP contribution in [0.3, 0.4) is 0 Å². The lowest BCUT2D eigenvalue weighted by atomic mass is 10.0. The molecule has 1 aliphatic rings. The molecule has 2 N–H and O–H groups in total. The standard InChI is InChI=1S/C14H19NO2/c1-9-5-3-7-12(10(9)2)15-14(17)11-6-4-8-13(11)16/h3,5,7,11,13,16H,4,6,8H2,1-2H3,(H,15,17). The Balaban J connectivity index is 2.10. The van der Waals surface area contributed by atoms with Crippen molar-refractivity contribution in [3.8, 4) is 0 Å². The van der Waals surface area contributed by atoms with Crippen LogP contribution in [0.5, 0.6) is 0 Å². The van der Waals surface area contributed by atoms with Gasteiger partial charge in [-0.15, -0.1) is 0 Å². The molecule has 2 atom stereocenters. The van der Waals surface area contributed by atoms with E-state index in [2.05, 4.69) is 5.32 Å². The summed E-state index contributed by atoms with van der Waals surface area (Å²) in [7, 11) is 0. The maximum absolute atomic E-state index is 12.0. The molecule has 1 aromatic carbocycles. The zero-order valence-corrected chi connectivity index (χ0v) is 10.4. The molecule has 3 heteroatoms. The van der Waals surface area contributed by atoms with Gasteiger partial charge >= 0.3 is 0 Å². The van der Waals surface area contributed by atoms with Crippen molar-refractivity contribution in [3.63, 3.8) is 0 Å². The van der Waals surface area contributed by atoms with E-state index in [9.17, 15) is 9.90 Å². The molecule has 1 amide bonds. The van der Waals surface area contributed by atoms with Crippen molar-refractivity contribution >= 4 is 11.6 Å². The number of nitrogens with one attached hydrogen (secondary N) is 1. The molecule has 0 aliphatic heterocycles. The van der Waals surface area contributed by atoms with E-state index >= 15 is 0 Å². The second-order valence-corrected chi connectivity index (χ2v) is 4.84. The minimum absolute atomic E-state index is 0.0521. The fourth-order valence-corrected chi connectivity index (χ4v) is 2.36. The molecule has 1 saturated carbocycles. The average Bonchev–Trinajstić information content (AvgIpc) is 2.71. The summed E-state index contributed by atoms with van der Waals surface area (Å²) in [5.41, 5.74) is 3.11. The zero-order chi connectivity index (χ0) is 12.4. The molecule has 0 heterocycles. The predicted octanol–water partition coefficient (Wildman–Crippen LogP) is 2.40. The molecule has 1 fully saturated rings. The number of amides is 1. The van der Waals surface area contributed by atoms with Crippen LogP contribution in [0.25, 0.3) is 0 Å². The number of hydrogen-bond acceptors (Lipinski definition) is 2. The van der Waals surface area contributed by atoms with E-state index in [-0.39, 0.29) is 11.8 Å². The van der Waals surface area contributed by atoms with Crippen LogP contribution in [0.2, 0.25) is 0 Å². The van der Waals surface area contributed by atoms with Gasteiger partial charge in [-0.25, -0.2) is 0 Å². The third kappa shape index (κ3) is 2.50. The van der Waals surface area contributed by atoms with Gasteiger partial charge in [0.25, 0.3) is 0 Å². The van der Waals surface area contributed by atoms with Crippen molar-refractivity contribution in [1.82, 2.24) is 0 Å². The van der Waals surface area contributed by atoms with Crippen molar-refractivity contribution < 1.29 is 9.90 Å². The van der Waals surface area contributed by atoms with Gasteiger partial charge < -0.3 is 10.4 Å². The summed E-state index contributed by atoms with van der Waals surface area (Å²) in [4.78, 5) is 12.0. The maximum atomic E-state index is 12.0. The molecule has 92 valence electrons. The summed E-state index contributed by atoms with van der Waals surface area (Å²) in [5, 5.41) is 12.6. The van der Waals surface area contributed by atoms with Crippen molar-refractivity contribution in [2.24, 2.45) is 5.92 Å². The molecule has 0 saturated heterocycles. The third-order valence-electron chi connectivity index (χ3n) is 3.68. The summed E-state index contributed by atoms with van der Waals surface area (Å²) in [5.74, 6) is -0.293. The van der Waals surface area contributed by atoms with Gasteiger partial charge in [0, 0.05) is 5.69 Å². The Morgan fingerprint density at radius 3 is 2.76 bits per heavy atom. The lowest BCUT2D eigenvalue weighted by Gasteiger charge is -2.16. The predicted molar refractivity (Wildman–Crippen MR) is 67.9 cm³/mol. The first kappa shape index (κ1) is 12.1. The topological polar surface area (TPSA) is 49.3 Å². The Morgan fingerprint density at radius 1 is 1.35 bits per heavy atom. The highest BCUT2D eigenvalue weighted by Gasteiger charge is 2.31. The zero-order valence-electron chi connectivity index (χ0n) is 10.4. The van der Waals surface area contributed by atoms with Crippen LogP contribution in [0.15, 0.2) is 18.2 Å². The molecule has 0 radical (unpaired) electrons. The van der Waals surface area contributed by atoms with E-state index in [4.69, 9.17) is 0 Å². The molecular formula is C14H19NO2. The highest BCUT2D eigenvalue weighted by Crippen LogP contribution is 2.27. The number of aliphatic hydroxyl groups is 1. The Bertz CT molecular complexity index is 428. The van der Waals surface area contributed by atoms with Gasteiger partial charge in [-0.3, -0.25) is 4.79 Å². The molecule has 0 spiro atoms. The molecule has 17 heavy (non-hydrogen) atoms. The second-order valence-electron chi connectivity index (χ2n) is 4.84. The van der Waals surface area contributed by atoms with Crippen LogP contribution < -0.4 is 5.32 Å². The minimum Gasteiger partial charge on any atom is -0.392 e. The number of rotatable bonds is 2. The van der Waals surface area contributed by atoms with Gasteiger partial charge in [0.1, 0.15) is 0 Å². The summed E-state index contributed by atoms with van der Waals surface area (Å²) >= 11 is 0. The minimum atomic E-state index is -0.472. The smallest absolute Gasteiger partial charge is 0.230 e. The Morgan fingerprint density at radius 2 is 2.12 bits per heavy atom. The van der Waals surface area contributed by atoms with Crippen molar-refractivity contribution in [2.75, 3.05) is 5.32 Å². The number of aliphatic hydroxyl groups excluding tert-OH is 1. The number of anilines is 1. The first-order valence-electron chi connectivity index (χ1n) is 6.14. The number of hydrogen-bond donors (Lipinski definition) is 2. The van der Waals surface area contributed by atoms with Crippen LogP contribution >= 0.6 is 0 Å². The van der Waals surface area contributed by atoms with Gasteiger partial charge in [-0.1, -0.05) is 12.1 Å². The van der Waals surface area contributed by atoms with E-state index < -0.39 is 6.10 Å². The van der Waals surface area contributed by atoms with E-state index in [1.807, 2.05) is 32.0 Å². The fraction of sp³-hybridized carbons (Fsp3) is 0.500. The Kier molecular flexibility index (Phi) is 3.48. The van der Waals surface area contributed by atoms with Crippen LogP contribution in [-0.4, -0.2) is 17.1 Å². The summed E-state index contributed by atoms with van der Waals surface area (Å²) in [6.07, 6.45) is 1.99. The number of carbonyl (C=O) groups is 1. The Hall–Kier alpha value is -1.35. The van der Waals surface area contributed by atoms with Crippen LogP contribution in [0.1, 0.15) is 30.4 Å². The SMILES string of the molecule is Cc1cccc(NC(=O)C2CCCC2O)c1C. The Labute approximate surface area is 102 Å². The highest BCUT2D eigenvalue weighted by molar-refractivity contribution is 5.93. The lowest BCUT2D eigenvalue weighted by molar-refractivity contribution is -0.122. The van der Waals surface area contributed by atoms with Crippen LogP contribution in [0.4, 0.5) is 5.69 Å². The van der Waals surface area contributed by atoms with Crippen molar-refractivity contribution in [3.05, 3.63) is 29.3 Å². The van der Waals surface area contributed by atoms with Crippen LogP contribution in [0, 0.1) is 19.8 Å². The maximum Gasteiger partial charge on any atom is 0.230 e. The quantitative estimate of drug-likeness (QED) is 0.824. The number of carbonyl (C=O) groups excluding carboxylic acids is 1. The summed E-state index contributed by atoms with van der Waals surface area (Å²) < 4.78 is 0. The largest absolute Gasteiger partial charge is 0.392 e. The first-order chi connectivity index (χ1) is 8.09. The van der Waals surface area contributed by atoms with Crippen molar-refractivity contribution in [2.45, 2.75) is 39.2 Å². The third-order valence-corrected chi connectivity index (χ3v) is 3.68. The first-order valence-corrected chi connectivity index (χ1v) is 6.14. The molecule has 3 nitrogen and oxygen atoms in total. The molecule has 1 aliphatic carbocycles. The van der Waals surface area contributed by atoms with E-state index in [0.717, 1.165) is 36.1 Å². The number of benzene rings is 1. The monoisotopic (exact) mass is 233 g/mol. The molecule has 1 aromatic rings. The average molecular weight is 233 g/mol. The highest BCUT2D eigenvalue weighted by atomic mass is 16.3. The van der Waals surface area contributed by atoms with Gasteiger partial charge in [-0.05, 0) is 50.3 Å². The van der Waals surface area contributed by atoms with E-state index in [0.29, 0.717) is 0 Å². The summed E-state index contributed by atoms with van der Waals surface area (Å²) in [6, 6.07) is 5.86. The number of aryl methyl sites for hydroxylation is 1. The van der Waals surface area contributed by atoms with Crippen LogP contribution in [-0.2, 0) is 4.79 Å². The van der Waals surface area contributed by atoms with Gasteiger partial charge in [0.05, 0.1) is 12.0 Å². The fourth-order valence-electron chi connectivity index (χ4n) is 2.36. The van der Waals surface area contributed by atoms with E-state index in [1.54, 1.807) is 0 Å². The normalized spacial score (nSPS) is 23.7. The molecule has 2 unspecified atom stereocenters. The van der Waals surface area contributed by atoms with Gasteiger partial charge in [0.2, 0.25) is 5.91 Å². The van der Waals surface area contributed by atoms with E-state index in [1.165, 1.54) is 0 Å². The van der Waals surface area contributed by atoms with Gasteiger partial charge in [0.15, 0.2) is 0 Å². The van der Waals surface area contributed by atoms with Crippen molar-refractivity contribution in [1.29, 1.82) is 0 Å². The molecule has 0 aromatic heterocycles. The molecular weight excluding hydrogens is 214 g/mol. The summed E-state index contributed by atoms with van der Waals surface area (Å²) in [6.45, 7) is 4.02. The molecule has 0 bridgehead atoms. The second kappa shape index (κ2) is 4.88. The lowest BCUT2D eigenvalue weighted by Crippen LogP contribution is -2.28. The van der Waals surface area contributed by atoms with Gasteiger partial charge in [-0.2, -0.15) is 0 Å². The molecule has 2 rings (SSSR count).